The first-order chi connectivity index (χ1) is 8.78. The summed E-state index contributed by atoms with van der Waals surface area (Å²) in [5, 5.41) is 0. The fourth-order valence-electron chi connectivity index (χ4n) is 1.89. The van der Waals surface area contributed by atoms with Crippen LogP contribution in [0.15, 0.2) is 0 Å². The van der Waals surface area contributed by atoms with Gasteiger partial charge in [0, 0.05) is 26.2 Å². The standard InChI is InChI=1S/C12H24N2O4S/c1-12(2,3)18-11(15)14-8-6-13(7-9-14)5-4-10-19(16)17/h4-10H2,1-3H3,(H,16,17). The van der Waals surface area contributed by atoms with E-state index in [0.29, 0.717) is 25.3 Å². The molecule has 0 aliphatic carbocycles. The summed E-state index contributed by atoms with van der Waals surface area (Å²) in [6.45, 7) is 9.25. The molecule has 6 nitrogen and oxygen atoms in total. The van der Waals surface area contributed by atoms with Gasteiger partial charge in [-0.3, -0.25) is 4.90 Å². The lowest BCUT2D eigenvalue weighted by molar-refractivity contribution is 0.0146. The molecule has 1 unspecified atom stereocenters. The summed E-state index contributed by atoms with van der Waals surface area (Å²) >= 11 is -1.71. The fraction of sp³-hybridized carbons (Fsp3) is 0.917. The molecule has 7 heteroatoms. The highest BCUT2D eigenvalue weighted by atomic mass is 32.2. The Hall–Kier alpha value is -0.660. The lowest BCUT2D eigenvalue weighted by Gasteiger charge is -2.35. The van der Waals surface area contributed by atoms with Crippen LogP contribution >= 0.6 is 0 Å². The highest BCUT2D eigenvalue weighted by molar-refractivity contribution is 7.79. The van der Waals surface area contributed by atoms with Crippen molar-refractivity contribution in [1.29, 1.82) is 0 Å². The van der Waals surface area contributed by atoms with E-state index in [-0.39, 0.29) is 6.09 Å². The van der Waals surface area contributed by atoms with E-state index in [0.717, 1.165) is 19.6 Å². The third-order valence-electron chi connectivity index (χ3n) is 2.82. The third kappa shape index (κ3) is 6.89. The minimum Gasteiger partial charge on any atom is -0.444 e. The fourth-order valence-corrected chi connectivity index (χ4v) is 2.27. The van der Waals surface area contributed by atoms with Crippen molar-refractivity contribution < 1.29 is 18.3 Å². The van der Waals surface area contributed by atoms with Crippen molar-refractivity contribution in [2.45, 2.75) is 32.8 Å². The van der Waals surface area contributed by atoms with Crippen LogP contribution in [0.4, 0.5) is 4.79 Å². The SMILES string of the molecule is CC(C)(C)OC(=O)N1CCN(CCCS(=O)O)CC1. The molecule has 0 radical (unpaired) electrons. The monoisotopic (exact) mass is 292 g/mol. The molecule has 112 valence electrons. The van der Waals surface area contributed by atoms with Crippen LogP contribution in [-0.4, -0.2) is 68.7 Å². The normalized spacial score (nSPS) is 19.3. The Morgan fingerprint density at radius 3 is 2.32 bits per heavy atom. The third-order valence-corrected chi connectivity index (χ3v) is 3.46. The second-order valence-corrected chi connectivity index (χ2v) is 6.74. The van der Waals surface area contributed by atoms with Gasteiger partial charge >= 0.3 is 6.09 Å². The Kier molecular flexibility index (Phi) is 6.22. The summed E-state index contributed by atoms with van der Waals surface area (Å²) < 4.78 is 24.5. The highest BCUT2D eigenvalue weighted by Gasteiger charge is 2.25. The zero-order chi connectivity index (χ0) is 14.5. The average Bonchev–Trinajstić information content (AvgIpc) is 2.27. The lowest BCUT2D eigenvalue weighted by atomic mass is 10.2. The van der Waals surface area contributed by atoms with Crippen molar-refractivity contribution in [3.8, 4) is 0 Å². The molecular formula is C12H24N2O4S. The number of piperazine rings is 1. The molecule has 0 saturated carbocycles. The quantitative estimate of drug-likeness (QED) is 0.787. The molecule has 0 aromatic rings. The van der Waals surface area contributed by atoms with Crippen LogP contribution in [0.1, 0.15) is 27.2 Å². The highest BCUT2D eigenvalue weighted by Crippen LogP contribution is 2.11. The van der Waals surface area contributed by atoms with E-state index in [1.54, 1.807) is 4.90 Å². The van der Waals surface area contributed by atoms with Gasteiger partial charge in [-0.25, -0.2) is 9.00 Å². The maximum atomic E-state index is 11.8. The van der Waals surface area contributed by atoms with E-state index in [9.17, 15) is 9.00 Å². The van der Waals surface area contributed by atoms with Gasteiger partial charge in [-0.2, -0.15) is 0 Å². The van der Waals surface area contributed by atoms with E-state index in [2.05, 4.69) is 4.90 Å². The van der Waals surface area contributed by atoms with Gasteiger partial charge in [-0.05, 0) is 33.7 Å². The van der Waals surface area contributed by atoms with E-state index in [1.807, 2.05) is 20.8 Å². The second kappa shape index (κ2) is 7.21. The van der Waals surface area contributed by atoms with E-state index in [1.165, 1.54) is 0 Å². The summed E-state index contributed by atoms with van der Waals surface area (Å²) in [6, 6.07) is 0. The van der Waals surface area contributed by atoms with Crippen LogP contribution in [0.2, 0.25) is 0 Å². The van der Waals surface area contributed by atoms with Crippen molar-refractivity contribution in [2.75, 3.05) is 38.5 Å². The first-order valence-electron chi connectivity index (χ1n) is 6.56. The number of hydrogen-bond acceptors (Lipinski definition) is 4. The molecule has 0 aromatic heterocycles. The average molecular weight is 292 g/mol. The minimum atomic E-state index is -1.71. The molecule has 1 amide bonds. The van der Waals surface area contributed by atoms with Crippen LogP contribution < -0.4 is 0 Å². The zero-order valence-corrected chi connectivity index (χ0v) is 12.7. The van der Waals surface area contributed by atoms with Crippen LogP contribution in [0.25, 0.3) is 0 Å². The predicted molar refractivity (Wildman–Crippen MR) is 74.5 cm³/mol. The number of nitrogens with zero attached hydrogens (tertiary/aromatic N) is 2. The Labute approximate surface area is 117 Å². The minimum absolute atomic E-state index is 0.261. The van der Waals surface area contributed by atoms with Crippen molar-refractivity contribution in [3.05, 3.63) is 0 Å². The maximum absolute atomic E-state index is 11.8. The largest absolute Gasteiger partial charge is 0.444 e. The van der Waals surface area contributed by atoms with E-state index >= 15 is 0 Å². The number of hydrogen-bond donors (Lipinski definition) is 1. The first kappa shape index (κ1) is 16.4. The summed E-state index contributed by atoms with van der Waals surface area (Å²) in [7, 11) is 0. The number of carbonyl (C=O) groups is 1. The molecule has 0 bridgehead atoms. The van der Waals surface area contributed by atoms with Gasteiger partial charge < -0.3 is 14.2 Å². The molecule has 1 rings (SSSR count). The molecule has 0 aromatic carbocycles. The van der Waals surface area contributed by atoms with Gasteiger partial charge in [0.15, 0.2) is 11.1 Å². The van der Waals surface area contributed by atoms with Crippen LogP contribution in [0.5, 0.6) is 0 Å². The van der Waals surface area contributed by atoms with E-state index in [4.69, 9.17) is 9.29 Å². The Balaban J connectivity index is 2.25. The molecule has 0 spiro atoms. The number of carbonyl (C=O) groups excluding carboxylic acids is 1. The molecular weight excluding hydrogens is 268 g/mol. The van der Waals surface area contributed by atoms with Crippen molar-refractivity contribution in [1.82, 2.24) is 9.80 Å². The number of ether oxygens (including phenoxy) is 1. The summed E-state index contributed by atoms with van der Waals surface area (Å²) in [5.41, 5.74) is -0.459. The van der Waals surface area contributed by atoms with Gasteiger partial charge in [0.25, 0.3) is 0 Å². The molecule has 1 aliphatic rings. The lowest BCUT2D eigenvalue weighted by Crippen LogP contribution is -2.50. The topological polar surface area (TPSA) is 70.1 Å². The molecule has 19 heavy (non-hydrogen) atoms. The van der Waals surface area contributed by atoms with Crippen LogP contribution in [0.3, 0.4) is 0 Å². The Bertz CT molecular complexity index is 322. The smallest absolute Gasteiger partial charge is 0.410 e. The van der Waals surface area contributed by atoms with Gasteiger partial charge in [-0.15, -0.1) is 0 Å². The van der Waals surface area contributed by atoms with Gasteiger partial charge in [0.2, 0.25) is 0 Å². The van der Waals surface area contributed by atoms with Crippen LogP contribution in [0, 0.1) is 0 Å². The van der Waals surface area contributed by atoms with Crippen molar-refractivity contribution >= 4 is 17.2 Å². The molecule has 1 fully saturated rings. The molecule has 1 heterocycles. The van der Waals surface area contributed by atoms with Gasteiger partial charge in [-0.1, -0.05) is 0 Å². The molecule has 1 aliphatic heterocycles. The zero-order valence-electron chi connectivity index (χ0n) is 11.9. The van der Waals surface area contributed by atoms with Crippen molar-refractivity contribution in [2.24, 2.45) is 0 Å². The number of amides is 1. The second-order valence-electron chi connectivity index (χ2n) is 5.69. The van der Waals surface area contributed by atoms with Crippen molar-refractivity contribution in [3.63, 3.8) is 0 Å². The predicted octanol–water partition coefficient (Wildman–Crippen LogP) is 1.15. The maximum Gasteiger partial charge on any atom is 0.410 e. The van der Waals surface area contributed by atoms with E-state index < -0.39 is 16.7 Å². The van der Waals surface area contributed by atoms with Gasteiger partial charge in [0.1, 0.15) is 5.60 Å². The number of rotatable bonds is 4. The Morgan fingerprint density at radius 1 is 1.26 bits per heavy atom. The van der Waals surface area contributed by atoms with Gasteiger partial charge in [0.05, 0.1) is 5.75 Å². The Morgan fingerprint density at radius 2 is 1.84 bits per heavy atom. The molecule has 1 atom stereocenters. The van der Waals surface area contributed by atoms with Crippen LogP contribution in [-0.2, 0) is 15.8 Å². The summed E-state index contributed by atoms with van der Waals surface area (Å²) in [6.07, 6.45) is 0.443. The summed E-state index contributed by atoms with van der Waals surface area (Å²) in [4.78, 5) is 15.8. The molecule has 1 saturated heterocycles. The first-order valence-corrected chi connectivity index (χ1v) is 7.83. The summed E-state index contributed by atoms with van der Waals surface area (Å²) in [5.74, 6) is 0.312. The molecule has 1 N–H and O–H groups in total.